The highest BCUT2D eigenvalue weighted by atomic mass is 31.1. The number of hydrogen-bond donors (Lipinski definition) is 0. The first-order chi connectivity index (χ1) is 16.6. The van der Waals surface area contributed by atoms with Crippen molar-refractivity contribution < 1.29 is 4.74 Å². The molecule has 0 saturated heterocycles. The molecule has 0 aliphatic heterocycles. The Bertz CT molecular complexity index is 1100. The summed E-state index contributed by atoms with van der Waals surface area (Å²) in [4.78, 5) is 5.51. The molecule has 1 unspecified atom stereocenters. The molecule has 0 heterocycles. The van der Waals surface area contributed by atoms with Gasteiger partial charge in [-0.2, -0.15) is 0 Å². The Morgan fingerprint density at radius 3 is 1.46 bits per heavy atom. The van der Waals surface area contributed by atoms with Crippen molar-refractivity contribution in [3.8, 4) is 5.75 Å². The molecule has 0 saturated carbocycles. The molecule has 3 heteroatoms. The first-order valence-corrected chi connectivity index (χ1v) is 13.9. The largest absolute Gasteiger partial charge is 0.497 e. The minimum absolute atomic E-state index is 0.405. The van der Waals surface area contributed by atoms with Gasteiger partial charge in [0.25, 0.3) is 0 Å². The summed E-state index contributed by atoms with van der Waals surface area (Å²) in [5.41, 5.74) is 8.92. The molecule has 0 bridgehead atoms. The Kier molecular flexibility index (Phi) is 9.31. The smallest absolute Gasteiger partial charge is 0.118 e. The second-order valence-electron chi connectivity index (χ2n) is 10.5. The van der Waals surface area contributed by atoms with Crippen molar-refractivity contribution in [1.82, 2.24) is 0 Å². The Morgan fingerprint density at radius 1 is 0.629 bits per heavy atom. The summed E-state index contributed by atoms with van der Waals surface area (Å²) >= 11 is 0. The molecule has 3 rings (SSSR count). The van der Waals surface area contributed by atoms with Gasteiger partial charge in [-0.1, -0.05) is 91.8 Å². The third-order valence-corrected chi connectivity index (χ3v) is 8.01. The van der Waals surface area contributed by atoms with E-state index < -0.39 is 0 Å². The zero-order valence-corrected chi connectivity index (χ0v) is 23.9. The van der Waals surface area contributed by atoms with Gasteiger partial charge in [0, 0.05) is 5.56 Å². The van der Waals surface area contributed by atoms with Gasteiger partial charge in [0.1, 0.15) is 5.75 Å². The van der Waals surface area contributed by atoms with Crippen molar-refractivity contribution in [2.24, 2.45) is 4.99 Å². The normalized spacial score (nSPS) is 12.7. The molecule has 0 fully saturated rings. The fourth-order valence-corrected chi connectivity index (χ4v) is 6.23. The minimum atomic E-state index is 0.405. The predicted octanol–water partition coefficient (Wildman–Crippen LogP) is 9.27. The molecular weight excluding hydrogens is 445 g/mol. The minimum Gasteiger partial charge on any atom is -0.497 e. The third kappa shape index (κ3) is 6.42. The van der Waals surface area contributed by atoms with E-state index in [4.69, 9.17) is 9.73 Å². The van der Waals surface area contributed by atoms with Gasteiger partial charge in [-0.25, -0.2) is 4.99 Å². The summed E-state index contributed by atoms with van der Waals surface area (Å²) in [6, 6.07) is 21.9. The number of benzene rings is 3. The molecule has 0 spiro atoms. The van der Waals surface area contributed by atoms with Crippen LogP contribution in [0.1, 0.15) is 107 Å². The van der Waals surface area contributed by atoms with E-state index in [-0.39, 0.29) is 0 Å². The van der Waals surface area contributed by atoms with Crippen LogP contribution in [0.3, 0.4) is 0 Å². The number of ether oxygens (including phenoxy) is 1. The van der Waals surface area contributed by atoms with Gasteiger partial charge < -0.3 is 4.74 Å². The number of para-hydroxylation sites is 1. The highest BCUT2D eigenvalue weighted by Gasteiger charge is 2.19. The van der Waals surface area contributed by atoms with Crippen molar-refractivity contribution in [3.05, 3.63) is 88.5 Å². The monoisotopic (exact) mass is 487 g/mol. The lowest BCUT2D eigenvalue weighted by molar-refractivity contribution is 0.415. The first-order valence-electron chi connectivity index (χ1n) is 12.9. The third-order valence-electron chi connectivity index (χ3n) is 6.55. The predicted molar refractivity (Wildman–Crippen MR) is 156 cm³/mol. The van der Waals surface area contributed by atoms with Gasteiger partial charge in [0.2, 0.25) is 0 Å². The fraction of sp³-hybridized carbons (Fsp3) is 0.406. The van der Waals surface area contributed by atoms with E-state index in [1.54, 1.807) is 7.11 Å². The summed E-state index contributed by atoms with van der Waals surface area (Å²) < 4.78 is 5.45. The molecule has 35 heavy (non-hydrogen) atoms. The second-order valence-corrected chi connectivity index (χ2v) is 11.8. The van der Waals surface area contributed by atoms with Crippen LogP contribution in [0.4, 0.5) is 5.69 Å². The van der Waals surface area contributed by atoms with Crippen molar-refractivity contribution >= 4 is 25.0 Å². The van der Waals surface area contributed by atoms with Crippen molar-refractivity contribution in [1.29, 1.82) is 0 Å². The maximum Gasteiger partial charge on any atom is 0.118 e. The second kappa shape index (κ2) is 12.0. The van der Waals surface area contributed by atoms with Gasteiger partial charge in [-0.05, 0) is 84.1 Å². The number of hydrogen-bond acceptors (Lipinski definition) is 2. The van der Waals surface area contributed by atoms with Gasteiger partial charge >= 0.3 is 0 Å². The van der Waals surface area contributed by atoms with Crippen LogP contribution in [0, 0.1) is 0 Å². The fourth-order valence-electron chi connectivity index (χ4n) is 4.48. The average molecular weight is 488 g/mol. The molecule has 0 aliphatic rings. The van der Waals surface area contributed by atoms with Crippen LogP contribution in [0.2, 0.25) is 0 Å². The standard InChI is InChI=1S/C32H42NOP/c1-20(2)26-12-10-13-27(21(3)4)30(26)33-32(24-16-18-25(34-9)19-17-24)35-31-28(22(5)6)14-11-15-29(31)23(7)8/h10-23,35H,1-9H3. The lowest BCUT2D eigenvalue weighted by atomic mass is 9.93. The number of nitrogens with zero attached hydrogens (tertiary/aromatic N) is 1. The SMILES string of the molecule is COc1ccc(C(=Nc2c(C(C)C)cccc2C(C)C)Pc2c(C(C)C)cccc2C(C)C)cc1. The van der Waals surface area contributed by atoms with Crippen LogP contribution in [0.25, 0.3) is 0 Å². The molecular formula is C32H42NOP. The molecule has 1 atom stereocenters. The van der Waals surface area contributed by atoms with E-state index in [0.717, 1.165) is 22.5 Å². The van der Waals surface area contributed by atoms with Crippen LogP contribution in [-0.4, -0.2) is 12.6 Å². The van der Waals surface area contributed by atoms with E-state index in [9.17, 15) is 0 Å². The van der Waals surface area contributed by atoms with Gasteiger partial charge in [-0.15, -0.1) is 0 Å². The summed E-state index contributed by atoms with van der Waals surface area (Å²) in [5.74, 6) is 2.60. The van der Waals surface area contributed by atoms with Crippen LogP contribution >= 0.6 is 8.58 Å². The molecule has 0 aromatic heterocycles. The Balaban J connectivity index is 2.29. The lowest BCUT2D eigenvalue weighted by Gasteiger charge is -2.22. The van der Waals surface area contributed by atoms with Gasteiger partial charge in [-0.3, -0.25) is 0 Å². The zero-order chi connectivity index (χ0) is 25.7. The molecule has 0 N–H and O–H groups in total. The molecule has 0 radical (unpaired) electrons. The Labute approximate surface area is 215 Å². The number of aliphatic imine (C=N–C) groups is 1. The highest BCUT2D eigenvalue weighted by Crippen LogP contribution is 2.38. The molecule has 3 aromatic rings. The van der Waals surface area contributed by atoms with Gasteiger partial charge in [0.05, 0.1) is 18.2 Å². The first kappa shape index (κ1) is 27.2. The summed E-state index contributed by atoms with van der Waals surface area (Å²) in [7, 11) is 2.18. The van der Waals surface area contributed by atoms with E-state index in [0.29, 0.717) is 32.3 Å². The van der Waals surface area contributed by atoms with E-state index in [2.05, 4.69) is 104 Å². The highest BCUT2D eigenvalue weighted by molar-refractivity contribution is 7.66. The molecule has 186 valence electrons. The van der Waals surface area contributed by atoms with Crippen molar-refractivity contribution in [2.75, 3.05) is 7.11 Å². The van der Waals surface area contributed by atoms with Gasteiger partial charge in [0.15, 0.2) is 0 Å². The van der Waals surface area contributed by atoms with E-state index in [1.807, 2.05) is 12.1 Å². The quantitative estimate of drug-likeness (QED) is 0.218. The van der Waals surface area contributed by atoms with Crippen LogP contribution in [0.15, 0.2) is 65.7 Å². The topological polar surface area (TPSA) is 21.6 Å². The van der Waals surface area contributed by atoms with Crippen molar-refractivity contribution in [2.45, 2.75) is 79.1 Å². The van der Waals surface area contributed by atoms with Crippen molar-refractivity contribution in [3.63, 3.8) is 0 Å². The lowest BCUT2D eigenvalue weighted by Crippen LogP contribution is -2.16. The molecule has 0 amide bonds. The molecule has 2 nitrogen and oxygen atoms in total. The zero-order valence-electron chi connectivity index (χ0n) is 22.9. The average Bonchev–Trinajstić information content (AvgIpc) is 2.83. The molecule has 0 aliphatic carbocycles. The van der Waals surface area contributed by atoms with Crippen LogP contribution < -0.4 is 10.0 Å². The number of rotatable bonds is 9. The summed E-state index contributed by atoms with van der Waals surface area (Å²) in [6.07, 6.45) is 0. The van der Waals surface area contributed by atoms with E-state index in [1.165, 1.54) is 27.6 Å². The maximum absolute atomic E-state index is 5.51. The van der Waals surface area contributed by atoms with Crippen LogP contribution in [0.5, 0.6) is 5.75 Å². The summed E-state index contributed by atoms with van der Waals surface area (Å²) in [6.45, 7) is 18.2. The summed E-state index contributed by atoms with van der Waals surface area (Å²) in [5, 5.41) is 1.44. The Morgan fingerprint density at radius 2 is 1.06 bits per heavy atom. The maximum atomic E-state index is 5.51. The Hall–Kier alpha value is -2.44. The van der Waals surface area contributed by atoms with Crippen LogP contribution in [-0.2, 0) is 0 Å². The van der Waals surface area contributed by atoms with E-state index >= 15 is 0 Å². The number of methoxy groups -OCH3 is 1. The molecule has 3 aromatic carbocycles.